The molecule has 1 amide bonds. The van der Waals surface area contributed by atoms with Crippen molar-refractivity contribution in [1.29, 1.82) is 0 Å². The topological polar surface area (TPSA) is 126 Å². The number of piperidine rings is 1. The molecule has 0 aliphatic carbocycles. The standard InChI is InChI=1S/C16H20N4O5S3/c21-16(17-12-6-8-27(22,23)10-12)11-3-2-7-20(9-11)28(24,25)14-5-1-4-13-15(14)19-26-18-13/h1,4-5,11-12H,2-3,6-10H2,(H,17,21). The lowest BCUT2D eigenvalue weighted by molar-refractivity contribution is -0.126. The van der Waals surface area contributed by atoms with Crippen molar-refractivity contribution in [2.24, 2.45) is 5.92 Å². The molecule has 2 fully saturated rings. The Morgan fingerprint density at radius 2 is 2.07 bits per heavy atom. The second-order valence-electron chi connectivity index (χ2n) is 7.20. The van der Waals surface area contributed by atoms with E-state index in [9.17, 15) is 21.6 Å². The van der Waals surface area contributed by atoms with Crippen molar-refractivity contribution >= 4 is 48.5 Å². The van der Waals surface area contributed by atoms with E-state index in [0.717, 1.165) is 11.7 Å². The highest BCUT2D eigenvalue weighted by Crippen LogP contribution is 2.28. The van der Waals surface area contributed by atoms with Crippen LogP contribution in [0.3, 0.4) is 0 Å². The quantitative estimate of drug-likeness (QED) is 0.723. The number of nitrogens with zero attached hydrogens (tertiary/aromatic N) is 3. The number of amides is 1. The van der Waals surface area contributed by atoms with E-state index < -0.39 is 25.8 Å². The number of carbonyl (C=O) groups excluding carboxylic acids is 1. The van der Waals surface area contributed by atoms with Gasteiger partial charge in [-0.1, -0.05) is 6.07 Å². The summed E-state index contributed by atoms with van der Waals surface area (Å²) in [5.74, 6) is -0.753. The van der Waals surface area contributed by atoms with Crippen molar-refractivity contribution in [2.75, 3.05) is 24.6 Å². The summed E-state index contributed by atoms with van der Waals surface area (Å²) in [6.07, 6.45) is 1.53. The number of nitrogens with one attached hydrogen (secondary N) is 1. The van der Waals surface area contributed by atoms with Crippen LogP contribution in [0.4, 0.5) is 0 Å². The van der Waals surface area contributed by atoms with Crippen molar-refractivity contribution < 1.29 is 21.6 Å². The fraction of sp³-hybridized carbons (Fsp3) is 0.562. The molecule has 2 aliphatic rings. The van der Waals surface area contributed by atoms with Gasteiger partial charge >= 0.3 is 0 Å². The SMILES string of the molecule is O=C(NC1CCS(=O)(=O)C1)C1CCCN(S(=O)(=O)c2cccc3nsnc23)C1. The zero-order valence-electron chi connectivity index (χ0n) is 14.9. The van der Waals surface area contributed by atoms with Crippen molar-refractivity contribution in [3.8, 4) is 0 Å². The minimum atomic E-state index is -3.81. The van der Waals surface area contributed by atoms with Gasteiger partial charge in [-0.2, -0.15) is 13.1 Å². The Balaban J connectivity index is 1.50. The van der Waals surface area contributed by atoms with Gasteiger partial charge in [-0.05, 0) is 31.4 Å². The molecule has 4 rings (SSSR count). The number of hydrogen-bond acceptors (Lipinski definition) is 8. The van der Waals surface area contributed by atoms with Gasteiger partial charge in [0, 0.05) is 19.1 Å². The maximum Gasteiger partial charge on any atom is 0.245 e. The summed E-state index contributed by atoms with van der Waals surface area (Å²) in [5, 5.41) is 2.78. The Kier molecular flexibility index (Phi) is 5.14. The largest absolute Gasteiger partial charge is 0.352 e. The first-order valence-electron chi connectivity index (χ1n) is 8.98. The molecule has 1 N–H and O–H groups in total. The van der Waals surface area contributed by atoms with Crippen LogP contribution in [0.5, 0.6) is 0 Å². The van der Waals surface area contributed by atoms with Gasteiger partial charge in [-0.15, -0.1) is 0 Å². The molecule has 0 spiro atoms. The number of sulfone groups is 1. The van der Waals surface area contributed by atoms with Crippen molar-refractivity contribution in [3.63, 3.8) is 0 Å². The van der Waals surface area contributed by atoms with Crippen LogP contribution in [-0.4, -0.2) is 66.4 Å². The maximum absolute atomic E-state index is 13.1. The molecule has 0 radical (unpaired) electrons. The Morgan fingerprint density at radius 3 is 2.82 bits per heavy atom. The van der Waals surface area contributed by atoms with E-state index in [1.165, 1.54) is 10.4 Å². The number of benzene rings is 1. The van der Waals surface area contributed by atoms with Gasteiger partial charge in [0.2, 0.25) is 15.9 Å². The van der Waals surface area contributed by atoms with Gasteiger partial charge in [-0.3, -0.25) is 4.79 Å². The first-order valence-corrected chi connectivity index (χ1v) is 13.0. The van der Waals surface area contributed by atoms with Gasteiger partial charge in [0.25, 0.3) is 0 Å². The lowest BCUT2D eigenvalue weighted by Crippen LogP contribution is -2.47. The van der Waals surface area contributed by atoms with E-state index in [4.69, 9.17) is 0 Å². The second kappa shape index (κ2) is 7.32. The zero-order chi connectivity index (χ0) is 19.9. The molecule has 152 valence electrons. The summed E-state index contributed by atoms with van der Waals surface area (Å²) in [6.45, 7) is 0.402. The number of carbonyl (C=O) groups is 1. The number of hydrogen-bond donors (Lipinski definition) is 1. The molecule has 2 aromatic rings. The Hall–Kier alpha value is -1.63. The molecule has 2 atom stereocenters. The molecule has 2 unspecified atom stereocenters. The van der Waals surface area contributed by atoms with Crippen LogP contribution in [0.2, 0.25) is 0 Å². The van der Waals surface area contributed by atoms with Gasteiger partial charge in [-0.25, -0.2) is 16.8 Å². The minimum absolute atomic E-state index is 0.0493. The predicted molar refractivity (Wildman–Crippen MR) is 104 cm³/mol. The molecule has 12 heteroatoms. The van der Waals surface area contributed by atoms with E-state index in [1.54, 1.807) is 12.1 Å². The molecular formula is C16H20N4O5S3. The molecule has 2 saturated heterocycles. The fourth-order valence-corrected chi connectivity index (χ4v) is 7.68. The van der Waals surface area contributed by atoms with Crippen molar-refractivity contribution in [1.82, 2.24) is 18.4 Å². The van der Waals surface area contributed by atoms with Crippen LogP contribution in [0.15, 0.2) is 23.1 Å². The second-order valence-corrected chi connectivity index (χ2v) is 11.9. The van der Waals surface area contributed by atoms with E-state index >= 15 is 0 Å². The summed E-state index contributed by atoms with van der Waals surface area (Å²) in [7, 11) is -6.90. The van der Waals surface area contributed by atoms with Crippen LogP contribution >= 0.6 is 11.7 Å². The molecule has 1 aromatic heterocycles. The van der Waals surface area contributed by atoms with Crippen molar-refractivity contribution in [2.45, 2.75) is 30.2 Å². The van der Waals surface area contributed by atoms with Gasteiger partial charge < -0.3 is 5.32 Å². The van der Waals surface area contributed by atoms with E-state index in [0.29, 0.717) is 36.8 Å². The predicted octanol–water partition coefficient (Wildman–Crippen LogP) is 0.395. The van der Waals surface area contributed by atoms with Crippen LogP contribution < -0.4 is 5.32 Å². The lowest BCUT2D eigenvalue weighted by atomic mass is 9.98. The van der Waals surface area contributed by atoms with Crippen molar-refractivity contribution in [3.05, 3.63) is 18.2 Å². The summed E-state index contributed by atoms with van der Waals surface area (Å²) >= 11 is 0.957. The minimum Gasteiger partial charge on any atom is -0.352 e. The normalized spacial score (nSPS) is 25.7. The molecule has 0 bridgehead atoms. The summed E-state index contributed by atoms with van der Waals surface area (Å²) in [4.78, 5) is 12.7. The molecule has 0 saturated carbocycles. The Labute approximate surface area is 167 Å². The highest BCUT2D eigenvalue weighted by Gasteiger charge is 2.36. The third-order valence-corrected chi connectivity index (χ3v) is 9.41. The molecule has 2 aliphatic heterocycles. The summed E-state index contributed by atoms with van der Waals surface area (Å²) < 4.78 is 59.0. The lowest BCUT2D eigenvalue weighted by Gasteiger charge is -2.31. The van der Waals surface area contributed by atoms with Crippen LogP contribution in [-0.2, 0) is 24.7 Å². The first kappa shape index (κ1) is 19.7. The van der Waals surface area contributed by atoms with Crippen LogP contribution in [0.25, 0.3) is 11.0 Å². The molecular weight excluding hydrogens is 424 g/mol. The molecule has 3 heterocycles. The Bertz CT molecular complexity index is 1110. The van der Waals surface area contributed by atoms with Gasteiger partial charge in [0.05, 0.1) is 29.2 Å². The monoisotopic (exact) mass is 444 g/mol. The third-order valence-electron chi connectivity index (χ3n) is 5.20. The van der Waals surface area contributed by atoms with E-state index in [2.05, 4.69) is 14.1 Å². The Morgan fingerprint density at radius 1 is 1.25 bits per heavy atom. The maximum atomic E-state index is 13.1. The van der Waals surface area contributed by atoms with Crippen LogP contribution in [0.1, 0.15) is 19.3 Å². The van der Waals surface area contributed by atoms with E-state index in [1.807, 2.05) is 0 Å². The average molecular weight is 445 g/mol. The van der Waals surface area contributed by atoms with Gasteiger partial charge in [0.1, 0.15) is 15.9 Å². The third kappa shape index (κ3) is 3.78. The molecule has 1 aromatic carbocycles. The number of fused-ring (bicyclic) bond motifs is 1. The van der Waals surface area contributed by atoms with Gasteiger partial charge in [0.15, 0.2) is 9.84 Å². The smallest absolute Gasteiger partial charge is 0.245 e. The summed E-state index contributed by atoms with van der Waals surface area (Å²) in [5.41, 5.74) is 0.870. The summed E-state index contributed by atoms with van der Waals surface area (Å²) in [6, 6.07) is 4.46. The zero-order valence-corrected chi connectivity index (χ0v) is 17.4. The molecule has 28 heavy (non-hydrogen) atoms. The highest BCUT2D eigenvalue weighted by atomic mass is 32.2. The fourth-order valence-electron chi connectivity index (χ4n) is 3.73. The van der Waals surface area contributed by atoms with Crippen LogP contribution in [0, 0.1) is 5.92 Å². The first-order chi connectivity index (χ1) is 13.3. The molecule has 9 nitrogen and oxygen atoms in total. The number of rotatable bonds is 4. The highest BCUT2D eigenvalue weighted by molar-refractivity contribution is 7.91. The number of sulfonamides is 1. The van der Waals surface area contributed by atoms with E-state index in [-0.39, 0.29) is 34.9 Å². The number of aromatic nitrogens is 2. The average Bonchev–Trinajstić information content (AvgIpc) is 3.27.